The number of carbonyl (C=O) groups excluding carboxylic acids is 2. The number of benzene rings is 1. The zero-order valence-corrected chi connectivity index (χ0v) is 12.2. The fraction of sp³-hybridized carbons (Fsp3) is 0.385. The van der Waals surface area contributed by atoms with Crippen molar-refractivity contribution in [2.75, 3.05) is 19.1 Å². The van der Waals surface area contributed by atoms with Gasteiger partial charge in [-0.1, -0.05) is 18.2 Å². The molecule has 0 aliphatic rings. The normalized spacial score (nSPS) is 11.8. The van der Waals surface area contributed by atoms with Crippen LogP contribution in [0, 0.1) is 0 Å². The number of amides is 2. The Labute approximate surface area is 114 Å². The lowest BCUT2D eigenvalue weighted by atomic mass is 10.2. The van der Waals surface area contributed by atoms with Crippen molar-refractivity contribution in [1.29, 1.82) is 0 Å². The standard InChI is InChI=1S/C13H20N2O3S/c1-10(16)14-9-13(17)15-8-11-6-4-5-7-12(11)19(2,3)18/h4-7,18H,8-9H2,1-3H3,(H,14,16)(H,15,17). The molecular weight excluding hydrogens is 264 g/mol. The number of nitrogens with one attached hydrogen (secondary N) is 2. The summed E-state index contributed by atoms with van der Waals surface area (Å²) in [6, 6.07) is 7.47. The maximum atomic E-state index is 11.5. The summed E-state index contributed by atoms with van der Waals surface area (Å²) in [7, 11) is -1.83. The lowest BCUT2D eigenvalue weighted by molar-refractivity contribution is -0.125. The maximum Gasteiger partial charge on any atom is 0.239 e. The average Bonchev–Trinajstić information content (AvgIpc) is 2.33. The molecule has 106 valence electrons. The highest BCUT2D eigenvalue weighted by Gasteiger charge is 2.14. The molecule has 0 saturated heterocycles. The lowest BCUT2D eigenvalue weighted by Crippen LogP contribution is -2.35. The minimum absolute atomic E-state index is 0.0348. The third kappa shape index (κ3) is 5.32. The van der Waals surface area contributed by atoms with Crippen LogP contribution in [0.15, 0.2) is 29.2 Å². The molecule has 0 aliphatic heterocycles. The van der Waals surface area contributed by atoms with Crippen molar-refractivity contribution in [3.63, 3.8) is 0 Å². The van der Waals surface area contributed by atoms with Gasteiger partial charge in [0.2, 0.25) is 11.8 Å². The second-order valence-electron chi connectivity index (χ2n) is 4.57. The van der Waals surface area contributed by atoms with Crippen molar-refractivity contribution in [3.8, 4) is 0 Å². The molecule has 1 aromatic carbocycles. The lowest BCUT2D eigenvalue weighted by Gasteiger charge is -2.26. The molecule has 0 unspecified atom stereocenters. The van der Waals surface area contributed by atoms with Crippen molar-refractivity contribution >= 4 is 22.1 Å². The first kappa shape index (κ1) is 15.5. The van der Waals surface area contributed by atoms with Crippen LogP contribution < -0.4 is 10.6 Å². The summed E-state index contributed by atoms with van der Waals surface area (Å²) in [5, 5.41) is 5.15. The number of carbonyl (C=O) groups is 2. The topological polar surface area (TPSA) is 78.4 Å². The van der Waals surface area contributed by atoms with Gasteiger partial charge in [0, 0.05) is 18.4 Å². The van der Waals surface area contributed by atoms with E-state index in [0.717, 1.165) is 10.5 Å². The second-order valence-corrected chi connectivity index (χ2v) is 7.55. The largest absolute Gasteiger partial charge is 0.350 e. The second kappa shape index (κ2) is 6.58. The smallest absolute Gasteiger partial charge is 0.239 e. The first-order chi connectivity index (χ1) is 8.80. The molecule has 0 aromatic heterocycles. The van der Waals surface area contributed by atoms with Gasteiger partial charge in [-0.2, -0.15) is 0 Å². The summed E-state index contributed by atoms with van der Waals surface area (Å²) in [4.78, 5) is 23.0. The Morgan fingerprint density at radius 2 is 1.84 bits per heavy atom. The third-order valence-electron chi connectivity index (χ3n) is 2.48. The molecule has 19 heavy (non-hydrogen) atoms. The third-order valence-corrected chi connectivity index (χ3v) is 3.96. The van der Waals surface area contributed by atoms with Gasteiger partial charge in [-0.15, -0.1) is 10.3 Å². The summed E-state index contributed by atoms with van der Waals surface area (Å²) >= 11 is 0. The van der Waals surface area contributed by atoms with E-state index in [0.29, 0.717) is 6.54 Å². The highest BCUT2D eigenvalue weighted by Crippen LogP contribution is 2.46. The summed E-state index contributed by atoms with van der Waals surface area (Å²) in [5.41, 5.74) is 0.890. The fourth-order valence-corrected chi connectivity index (χ4v) is 2.79. The van der Waals surface area contributed by atoms with E-state index in [-0.39, 0.29) is 18.4 Å². The van der Waals surface area contributed by atoms with Crippen LogP contribution in [0.5, 0.6) is 0 Å². The van der Waals surface area contributed by atoms with Crippen LogP contribution in [0.2, 0.25) is 0 Å². The van der Waals surface area contributed by atoms with Gasteiger partial charge in [-0.05, 0) is 24.1 Å². The number of hydrogen-bond donors (Lipinski definition) is 3. The summed E-state index contributed by atoms with van der Waals surface area (Å²) in [5.74, 6) is -0.493. The molecule has 0 bridgehead atoms. The van der Waals surface area contributed by atoms with Crippen molar-refractivity contribution < 1.29 is 14.1 Å². The van der Waals surface area contributed by atoms with Gasteiger partial charge in [-0.25, -0.2) is 0 Å². The highest BCUT2D eigenvalue weighted by molar-refractivity contribution is 8.28. The Kier molecular flexibility index (Phi) is 5.38. The highest BCUT2D eigenvalue weighted by atomic mass is 32.3. The SMILES string of the molecule is CC(=O)NCC(=O)NCc1ccccc1S(C)(C)O. The molecule has 6 heteroatoms. The van der Waals surface area contributed by atoms with Crippen LogP contribution in [0.1, 0.15) is 12.5 Å². The van der Waals surface area contributed by atoms with Crippen LogP contribution >= 0.6 is 10.3 Å². The van der Waals surface area contributed by atoms with Gasteiger partial charge in [0.05, 0.1) is 6.54 Å². The van der Waals surface area contributed by atoms with Crippen LogP contribution in [0.25, 0.3) is 0 Å². The Bertz CT molecular complexity index is 469. The Morgan fingerprint density at radius 3 is 2.42 bits per heavy atom. The van der Waals surface area contributed by atoms with E-state index in [2.05, 4.69) is 10.6 Å². The first-order valence-electron chi connectivity index (χ1n) is 5.85. The fourth-order valence-electron chi connectivity index (χ4n) is 1.60. The zero-order chi connectivity index (χ0) is 14.5. The van der Waals surface area contributed by atoms with Gasteiger partial charge in [-0.3, -0.25) is 9.59 Å². The predicted molar refractivity (Wildman–Crippen MR) is 77.3 cm³/mol. The van der Waals surface area contributed by atoms with Gasteiger partial charge >= 0.3 is 0 Å². The number of rotatable bonds is 5. The van der Waals surface area contributed by atoms with E-state index in [1.54, 1.807) is 12.5 Å². The predicted octanol–water partition coefficient (Wildman–Crippen LogP) is 1.34. The van der Waals surface area contributed by atoms with Crippen LogP contribution in [-0.4, -0.2) is 35.4 Å². The zero-order valence-electron chi connectivity index (χ0n) is 11.4. The molecule has 0 heterocycles. The van der Waals surface area contributed by atoms with Crippen LogP contribution in [-0.2, 0) is 16.1 Å². The average molecular weight is 284 g/mol. The monoisotopic (exact) mass is 284 g/mol. The molecule has 1 rings (SSSR count). The van der Waals surface area contributed by atoms with E-state index in [1.807, 2.05) is 24.3 Å². The van der Waals surface area contributed by atoms with E-state index in [9.17, 15) is 14.1 Å². The van der Waals surface area contributed by atoms with E-state index in [1.165, 1.54) is 6.92 Å². The van der Waals surface area contributed by atoms with E-state index in [4.69, 9.17) is 0 Å². The summed E-state index contributed by atoms with van der Waals surface area (Å²) < 4.78 is 10.1. The molecule has 0 atom stereocenters. The minimum atomic E-state index is -1.83. The Hall–Kier alpha value is -1.53. The molecule has 0 saturated carbocycles. The van der Waals surface area contributed by atoms with Crippen molar-refractivity contribution in [2.24, 2.45) is 0 Å². The number of hydrogen-bond acceptors (Lipinski definition) is 3. The molecule has 0 spiro atoms. The van der Waals surface area contributed by atoms with E-state index < -0.39 is 10.3 Å². The van der Waals surface area contributed by atoms with Gasteiger partial charge < -0.3 is 15.2 Å². The molecule has 5 nitrogen and oxygen atoms in total. The van der Waals surface area contributed by atoms with Crippen LogP contribution in [0.4, 0.5) is 0 Å². The Balaban J connectivity index is 2.63. The van der Waals surface area contributed by atoms with Crippen molar-refractivity contribution in [2.45, 2.75) is 18.4 Å². The van der Waals surface area contributed by atoms with Crippen LogP contribution in [0.3, 0.4) is 0 Å². The van der Waals surface area contributed by atoms with Gasteiger partial charge in [0.25, 0.3) is 0 Å². The quantitative estimate of drug-likeness (QED) is 0.763. The molecule has 0 aliphatic carbocycles. The van der Waals surface area contributed by atoms with Crippen molar-refractivity contribution in [3.05, 3.63) is 29.8 Å². The summed E-state index contributed by atoms with van der Waals surface area (Å²) in [6.07, 6.45) is 3.57. The van der Waals surface area contributed by atoms with Crippen molar-refractivity contribution in [1.82, 2.24) is 10.6 Å². The first-order valence-corrected chi connectivity index (χ1v) is 8.26. The molecule has 2 amide bonds. The molecule has 3 N–H and O–H groups in total. The maximum absolute atomic E-state index is 11.5. The molecule has 0 radical (unpaired) electrons. The minimum Gasteiger partial charge on any atom is -0.350 e. The van der Waals surface area contributed by atoms with E-state index >= 15 is 0 Å². The molecule has 0 fully saturated rings. The van der Waals surface area contributed by atoms with Gasteiger partial charge in [0.1, 0.15) is 0 Å². The molecular formula is C13H20N2O3S. The molecule has 1 aromatic rings. The summed E-state index contributed by atoms with van der Waals surface area (Å²) in [6.45, 7) is 1.67. The van der Waals surface area contributed by atoms with Gasteiger partial charge in [0.15, 0.2) is 0 Å². The Morgan fingerprint density at radius 1 is 1.21 bits per heavy atom.